The van der Waals surface area contributed by atoms with Crippen LogP contribution >= 0.6 is 15.9 Å². The zero-order valence-corrected chi connectivity index (χ0v) is 10.2. The Morgan fingerprint density at radius 2 is 2.24 bits per heavy atom. The number of nitrogens with zero attached hydrogens (tertiary/aromatic N) is 1. The highest BCUT2D eigenvalue weighted by Crippen LogP contribution is 2.20. The van der Waals surface area contributed by atoms with E-state index in [1.54, 1.807) is 30.3 Å². The number of halogens is 1. The summed E-state index contributed by atoms with van der Waals surface area (Å²) in [5.41, 5.74) is 0.844. The van der Waals surface area contributed by atoms with E-state index in [9.17, 15) is 4.79 Å². The molecule has 1 heterocycles. The van der Waals surface area contributed by atoms with Crippen LogP contribution in [0.4, 0.5) is 5.69 Å². The van der Waals surface area contributed by atoms with E-state index in [2.05, 4.69) is 21.2 Å². The van der Waals surface area contributed by atoms with E-state index < -0.39 is 0 Å². The molecule has 0 fully saturated rings. The highest BCUT2D eigenvalue weighted by Gasteiger charge is 2.11. The molecule has 5 heteroatoms. The molecule has 0 atom stereocenters. The Hall–Kier alpha value is -2.06. The molecule has 0 aliphatic heterocycles. The van der Waals surface area contributed by atoms with Crippen molar-refractivity contribution in [3.63, 3.8) is 0 Å². The first-order valence-electron chi connectivity index (χ1n) is 4.75. The standard InChI is InChI=1S/C12H7BrN2O2/c13-9-3-4-10(8(6-9)7-14)15-12(16)11-2-1-5-17-11/h1-6H,(H,15,16). The maximum Gasteiger partial charge on any atom is 0.291 e. The van der Waals surface area contributed by atoms with Crippen LogP contribution in [0.15, 0.2) is 45.5 Å². The summed E-state index contributed by atoms with van der Waals surface area (Å²) in [6, 6.07) is 10.2. The number of carbonyl (C=O) groups is 1. The van der Waals surface area contributed by atoms with E-state index in [0.717, 1.165) is 4.47 Å². The van der Waals surface area contributed by atoms with Crippen LogP contribution in [-0.4, -0.2) is 5.91 Å². The van der Waals surface area contributed by atoms with Gasteiger partial charge in [0.05, 0.1) is 17.5 Å². The molecule has 0 aliphatic rings. The highest BCUT2D eigenvalue weighted by molar-refractivity contribution is 9.10. The second kappa shape index (κ2) is 4.85. The number of amides is 1. The number of nitrogens with one attached hydrogen (secondary N) is 1. The molecule has 17 heavy (non-hydrogen) atoms. The minimum Gasteiger partial charge on any atom is -0.459 e. The normalized spacial score (nSPS) is 9.65. The summed E-state index contributed by atoms with van der Waals surface area (Å²) in [4.78, 5) is 11.7. The zero-order valence-electron chi connectivity index (χ0n) is 8.61. The number of anilines is 1. The van der Waals surface area contributed by atoms with Crippen LogP contribution in [-0.2, 0) is 0 Å². The van der Waals surface area contributed by atoms with Crippen LogP contribution < -0.4 is 5.32 Å². The molecule has 1 aromatic carbocycles. The fraction of sp³-hybridized carbons (Fsp3) is 0. The largest absolute Gasteiger partial charge is 0.459 e. The quantitative estimate of drug-likeness (QED) is 0.924. The summed E-state index contributed by atoms with van der Waals surface area (Å²) in [7, 11) is 0. The minimum absolute atomic E-state index is 0.205. The summed E-state index contributed by atoms with van der Waals surface area (Å²) in [5, 5.41) is 11.6. The van der Waals surface area contributed by atoms with Gasteiger partial charge < -0.3 is 9.73 Å². The zero-order chi connectivity index (χ0) is 12.3. The fourth-order valence-electron chi connectivity index (χ4n) is 1.31. The van der Waals surface area contributed by atoms with Crippen molar-refractivity contribution in [2.24, 2.45) is 0 Å². The van der Waals surface area contributed by atoms with Gasteiger partial charge in [0.1, 0.15) is 6.07 Å². The average molecular weight is 291 g/mol. The minimum atomic E-state index is -0.381. The van der Waals surface area contributed by atoms with E-state index in [0.29, 0.717) is 11.3 Å². The number of carbonyl (C=O) groups excluding carboxylic acids is 1. The molecule has 0 radical (unpaired) electrons. The first-order chi connectivity index (χ1) is 8.20. The van der Waals surface area contributed by atoms with Crippen LogP contribution in [0.5, 0.6) is 0 Å². The van der Waals surface area contributed by atoms with Crippen molar-refractivity contribution in [1.82, 2.24) is 0 Å². The summed E-state index contributed by atoms with van der Waals surface area (Å²) in [5.74, 6) is -0.175. The molecule has 4 nitrogen and oxygen atoms in total. The summed E-state index contributed by atoms with van der Waals surface area (Å²) in [6.45, 7) is 0. The Balaban J connectivity index is 2.25. The van der Waals surface area contributed by atoms with E-state index in [1.807, 2.05) is 6.07 Å². The molecule has 1 N–H and O–H groups in total. The maximum atomic E-state index is 11.7. The lowest BCUT2D eigenvalue weighted by atomic mass is 10.2. The SMILES string of the molecule is N#Cc1cc(Br)ccc1NC(=O)c1ccco1. The third kappa shape index (κ3) is 2.55. The molecule has 0 aliphatic carbocycles. The summed E-state index contributed by atoms with van der Waals surface area (Å²) in [6.07, 6.45) is 1.42. The van der Waals surface area contributed by atoms with Gasteiger partial charge in [-0.05, 0) is 30.3 Å². The van der Waals surface area contributed by atoms with Gasteiger partial charge in [0.2, 0.25) is 0 Å². The van der Waals surface area contributed by atoms with Crippen LogP contribution in [0.1, 0.15) is 16.1 Å². The van der Waals surface area contributed by atoms with Gasteiger partial charge >= 0.3 is 0 Å². The van der Waals surface area contributed by atoms with E-state index in [4.69, 9.17) is 9.68 Å². The second-order valence-corrected chi connectivity index (χ2v) is 4.15. The molecule has 1 aromatic heterocycles. The van der Waals surface area contributed by atoms with Crippen LogP contribution in [0.3, 0.4) is 0 Å². The van der Waals surface area contributed by atoms with Crippen molar-refractivity contribution in [2.45, 2.75) is 0 Å². The Kier molecular flexibility index (Phi) is 3.26. The molecule has 2 rings (SSSR count). The third-order valence-electron chi connectivity index (χ3n) is 2.10. The Morgan fingerprint density at radius 3 is 2.88 bits per heavy atom. The Labute approximate surface area is 106 Å². The molecule has 2 aromatic rings. The van der Waals surface area contributed by atoms with Crippen LogP contribution in [0.2, 0.25) is 0 Å². The van der Waals surface area contributed by atoms with Crippen molar-refractivity contribution in [3.8, 4) is 6.07 Å². The first kappa shape index (κ1) is 11.4. The molecular weight excluding hydrogens is 284 g/mol. The molecule has 0 saturated carbocycles. The van der Waals surface area contributed by atoms with Gasteiger partial charge in [-0.25, -0.2) is 0 Å². The first-order valence-corrected chi connectivity index (χ1v) is 5.54. The van der Waals surface area contributed by atoms with Crippen molar-refractivity contribution in [1.29, 1.82) is 5.26 Å². The van der Waals surface area contributed by atoms with Gasteiger partial charge in [-0.3, -0.25) is 4.79 Å². The predicted molar refractivity (Wildman–Crippen MR) is 65.5 cm³/mol. The highest BCUT2D eigenvalue weighted by atomic mass is 79.9. The van der Waals surface area contributed by atoms with E-state index in [1.165, 1.54) is 6.26 Å². The monoisotopic (exact) mass is 290 g/mol. The lowest BCUT2D eigenvalue weighted by molar-refractivity contribution is 0.0996. The molecular formula is C12H7BrN2O2. The van der Waals surface area contributed by atoms with Crippen molar-refractivity contribution in [3.05, 3.63) is 52.4 Å². The third-order valence-corrected chi connectivity index (χ3v) is 2.59. The summed E-state index contributed by atoms with van der Waals surface area (Å²) >= 11 is 3.26. The van der Waals surface area contributed by atoms with Gasteiger partial charge in [0, 0.05) is 4.47 Å². The van der Waals surface area contributed by atoms with Crippen molar-refractivity contribution in [2.75, 3.05) is 5.32 Å². The number of benzene rings is 1. The predicted octanol–water partition coefficient (Wildman–Crippen LogP) is 3.17. The fourth-order valence-corrected chi connectivity index (χ4v) is 1.67. The van der Waals surface area contributed by atoms with Crippen molar-refractivity contribution < 1.29 is 9.21 Å². The van der Waals surface area contributed by atoms with Gasteiger partial charge in [0.25, 0.3) is 5.91 Å². The number of furan rings is 1. The molecule has 0 saturated heterocycles. The number of rotatable bonds is 2. The number of nitriles is 1. The topological polar surface area (TPSA) is 66.0 Å². The lowest BCUT2D eigenvalue weighted by Crippen LogP contribution is -2.11. The molecule has 1 amide bonds. The van der Waals surface area contributed by atoms with Crippen molar-refractivity contribution >= 4 is 27.5 Å². The molecule has 84 valence electrons. The smallest absolute Gasteiger partial charge is 0.291 e. The second-order valence-electron chi connectivity index (χ2n) is 3.23. The lowest BCUT2D eigenvalue weighted by Gasteiger charge is -2.05. The number of hydrogen-bond acceptors (Lipinski definition) is 3. The van der Waals surface area contributed by atoms with Gasteiger partial charge in [0.15, 0.2) is 5.76 Å². The van der Waals surface area contributed by atoms with Gasteiger partial charge in [-0.2, -0.15) is 5.26 Å². The van der Waals surface area contributed by atoms with Crippen LogP contribution in [0.25, 0.3) is 0 Å². The Morgan fingerprint density at radius 1 is 1.41 bits per heavy atom. The summed E-state index contributed by atoms with van der Waals surface area (Å²) < 4.78 is 5.74. The molecule has 0 unspecified atom stereocenters. The van der Waals surface area contributed by atoms with E-state index in [-0.39, 0.29) is 11.7 Å². The molecule has 0 spiro atoms. The van der Waals surface area contributed by atoms with Crippen LogP contribution in [0, 0.1) is 11.3 Å². The van der Waals surface area contributed by atoms with Gasteiger partial charge in [-0.1, -0.05) is 15.9 Å². The maximum absolute atomic E-state index is 11.7. The Bertz CT molecular complexity index is 585. The van der Waals surface area contributed by atoms with Gasteiger partial charge in [-0.15, -0.1) is 0 Å². The average Bonchev–Trinajstić information content (AvgIpc) is 2.85. The number of hydrogen-bond donors (Lipinski definition) is 1. The van der Waals surface area contributed by atoms with E-state index >= 15 is 0 Å². The molecule has 0 bridgehead atoms.